The molecule has 0 atom stereocenters. The molecule has 0 fully saturated rings. The normalized spacial score (nSPS) is 11.7. The number of hydrogen-bond acceptors (Lipinski definition) is 0. The van der Waals surface area contributed by atoms with E-state index in [0.717, 1.165) is 0 Å². The molecule has 0 unspecified atom stereocenters. The molecule has 9 aromatic rings. The SMILES string of the molecule is C=C/C(C)=C(\C=C/C)c1cc(-c2cccc(-c3cc(C)cc(-c4cccc(-c5ccc6c(c5)c5ccccc5n6-c5ccccc5)c4)c3)c2)ccc1C.Cc1ccccc1. The van der Waals surface area contributed by atoms with E-state index in [4.69, 9.17) is 0 Å². The van der Waals surface area contributed by atoms with Crippen LogP contribution >= 0.6 is 0 Å². The number of rotatable bonds is 8. The first-order valence-corrected chi connectivity index (χ1v) is 20.8. The second-order valence-corrected chi connectivity index (χ2v) is 15.7. The average Bonchev–Trinajstić information content (AvgIpc) is 3.62. The maximum Gasteiger partial charge on any atom is 0.0541 e. The summed E-state index contributed by atoms with van der Waals surface area (Å²) >= 11 is 0. The van der Waals surface area contributed by atoms with Crippen molar-refractivity contribution in [3.63, 3.8) is 0 Å². The van der Waals surface area contributed by atoms with E-state index in [-0.39, 0.29) is 0 Å². The van der Waals surface area contributed by atoms with Crippen molar-refractivity contribution >= 4 is 27.4 Å². The zero-order valence-electron chi connectivity index (χ0n) is 35.3. The topological polar surface area (TPSA) is 4.93 Å². The minimum absolute atomic E-state index is 1.17. The van der Waals surface area contributed by atoms with Crippen molar-refractivity contribution in [1.29, 1.82) is 0 Å². The molecule has 292 valence electrons. The van der Waals surface area contributed by atoms with E-state index in [9.17, 15) is 0 Å². The lowest BCUT2D eigenvalue weighted by Gasteiger charge is -2.14. The third kappa shape index (κ3) is 8.35. The van der Waals surface area contributed by atoms with Crippen LogP contribution in [-0.2, 0) is 0 Å². The van der Waals surface area contributed by atoms with Gasteiger partial charge in [0.2, 0.25) is 0 Å². The van der Waals surface area contributed by atoms with Crippen LogP contribution in [-0.4, -0.2) is 4.57 Å². The first-order chi connectivity index (χ1) is 29.3. The standard InChI is InChI=1S/C52H43N.C7H8/c1-6-15-47(36(4)7-2)49-33-42(25-24-37(49)5)38-16-13-18-40(30-38)44-28-35(3)29-45(32-44)41-19-14-17-39(31-41)43-26-27-52-50(34-43)48-22-11-12-23-51(48)53(52)46-20-9-8-10-21-46;1-7-5-3-2-4-6-7/h6-34H,2H2,1,3-5H3;2-6H,1H3/b15-6-,47-36+;. The Bertz CT molecular complexity index is 3030. The Morgan fingerprint density at radius 2 is 0.967 bits per heavy atom. The van der Waals surface area contributed by atoms with E-state index in [1.807, 2.05) is 24.3 Å². The van der Waals surface area contributed by atoms with E-state index in [1.54, 1.807) is 0 Å². The molecule has 1 aromatic heterocycles. The summed E-state index contributed by atoms with van der Waals surface area (Å²) < 4.78 is 2.37. The van der Waals surface area contributed by atoms with Gasteiger partial charge in [-0.1, -0.05) is 164 Å². The van der Waals surface area contributed by atoms with Gasteiger partial charge >= 0.3 is 0 Å². The second-order valence-electron chi connectivity index (χ2n) is 15.7. The number of allylic oxidation sites excluding steroid dienone is 5. The van der Waals surface area contributed by atoms with Gasteiger partial charge in [-0.2, -0.15) is 0 Å². The molecule has 0 spiro atoms. The molecule has 0 aliphatic heterocycles. The highest BCUT2D eigenvalue weighted by atomic mass is 15.0. The van der Waals surface area contributed by atoms with Crippen LogP contribution in [0.25, 0.3) is 77.6 Å². The van der Waals surface area contributed by atoms with Crippen LogP contribution in [0.5, 0.6) is 0 Å². The number of hydrogen-bond donors (Lipinski definition) is 0. The van der Waals surface area contributed by atoms with Gasteiger partial charge in [-0.3, -0.25) is 0 Å². The van der Waals surface area contributed by atoms with E-state index >= 15 is 0 Å². The van der Waals surface area contributed by atoms with Gasteiger partial charge in [0.15, 0.2) is 0 Å². The number of aryl methyl sites for hydroxylation is 3. The number of benzene rings is 8. The summed E-state index contributed by atoms with van der Waals surface area (Å²) in [6, 6.07) is 68.1. The maximum atomic E-state index is 4.04. The lowest BCUT2D eigenvalue weighted by atomic mass is 9.90. The fourth-order valence-corrected chi connectivity index (χ4v) is 8.22. The van der Waals surface area contributed by atoms with Gasteiger partial charge < -0.3 is 4.57 Å². The molecule has 0 N–H and O–H groups in total. The Kier molecular flexibility index (Phi) is 11.7. The van der Waals surface area contributed by atoms with Crippen molar-refractivity contribution < 1.29 is 0 Å². The van der Waals surface area contributed by atoms with Crippen molar-refractivity contribution in [3.8, 4) is 50.2 Å². The molecule has 0 saturated carbocycles. The van der Waals surface area contributed by atoms with Crippen molar-refractivity contribution in [2.45, 2.75) is 34.6 Å². The van der Waals surface area contributed by atoms with E-state index in [2.05, 4.69) is 228 Å². The van der Waals surface area contributed by atoms with Crippen molar-refractivity contribution in [2.75, 3.05) is 0 Å². The van der Waals surface area contributed by atoms with Crippen LogP contribution in [0.3, 0.4) is 0 Å². The molecule has 0 aliphatic rings. The number of nitrogens with zero attached hydrogens (tertiary/aromatic N) is 1. The highest BCUT2D eigenvalue weighted by Crippen LogP contribution is 2.37. The summed E-state index contributed by atoms with van der Waals surface area (Å²) in [5.74, 6) is 0. The first kappa shape index (κ1) is 39.6. The lowest BCUT2D eigenvalue weighted by Crippen LogP contribution is -1.92. The Morgan fingerprint density at radius 1 is 0.450 bits per heavy atom. The van der Waals surface area contributed by atoms with Gasteiger partial charge in [0, 0.05) is 16.5 Å². The molecule has 1 heterocycles. The molecular formula is C59H51N. The number of para-hydroxylation sites is 2. The maximum absolute atomic E-state index is 4.04. The van der Waals surface area contributed by atoms with Gasteiger partial charge in [-0.15, -0.1) is 0 Å². The molecule has 60 heavy (non-hydrogen) atoms. The second kappa shape index (κ2) is 17.7. The van der Waals surface area contributed by atoms with Gasteiger partial charge in [0.25, 0.3) is 0 Å². The fraction of sp³-hybridized carbons (Fsp3) is 0.0847. The van der Waals surface area contributed by atoms with Crippen LogP contribution in [0, 0.1) is 20.8 Å². The van der Waals surface area contributed by atoms with Gasteiger partial charge in [-0.05, 0) is 162 Å². The summed E-state index contributed by atoms with van der Waals surface area (Å²) in [6.07, 6.45) is 6.23. The number of fused-ring (bicyclic) bond motifs is 3. The predicted molar refractivity (Wildman–Crippen MR) is 261 cm³/mol. The lowest BCUT2D eigenvalue weighted by molar-refractivity contribution is 1.18. The molecule has 0 amide bonds. The van der Waals surface area contributed by atoms with Crippen LogP contribution in [0.1, 0.15) is 36.1 Å². The Labute approximate surface area is 356 Å². The molecule has 0 aliphatic carbocycles. The Balaban J connectivity index is 0.000000648. The van der Waals surface area contributed by atoms with Crippen LogP contribution in [0.4, 0.5) is 0 Å². The van der Waals surface area contributed by atoms with Crippen molar-refractivity contribution in [3.05, 3.63) is 241 Å². The minimum atomic E-state index is 1.17. The summed E-state index contributed by atoms with van der Waals surface area (Å²) in [6.45, 7) is 14.7. The predicted octanol–water partition coefficient (Wildman–Crippen LogP) is 16.6. The van der Waals surface area contributed by atoms with Gasteiger partial charge in [0.05, 0.1) is 11.0 Å². The smallest absolute Gasteiger partial charge is 0.0541 e. The minimum Gasteiger partial charge on any atom is -0.309 e. The fourth-order valence-electron chi connectivity index (χ4n) is 8.22. The van der Waals surface area contributed by atoms with E-state index in [1.165, 1.54) is 105 Å². The molecular weight excluding hydrogens is 723 g/mol. The monoisotopic (exact) mass is 773 g/mol. The Morgan fingerprint density at radius 3 is 1.57 bits per heavy atom. The quantitative estimate of drug-likeness (QED) is 0.136. The molecule has 0 saturated heterocycles. The molecule has 8 aromatic carbocycles. The molecule has 1 nitrogen and oxygen atoms in total. The third-order valence-corrected chi connectivity index (χ3v) is 11.4. The van der Waals surface area contributed by atoms with E-state index in [0.29, 0.717) is 0 Å². The zero-order chi connectivity index (χ0) is 41.6. The van der Waals surface area contributed by atoms with Crippen LogP contribution in [0.2, 0.25) is 0 Å². The van der Waals surface area contributed by atoms with Crippen LogP contribution < -0.4 is 0 Å². The molecule has 0 radical (unpaired) electrons. The van der Waals surface area contributed by atoms with Crippen LogP contribution in [0.15, 0.2) is 218 Å². The third-order valence-electron chi connectivity index (χ3n) is 11.4. The number of aromatic nitrogens is 1. The summed E-state index contributed by atoms with van der Waals surface area (Å²) in [5.41, 5.74) is 20.7. The van der Waals surface area contributed by atoms with Gasteiger partial charge in [0.1, 0.15) is 0 Å². The zero-order valence-corrected chi connectivity index (χ0v) is 35.3. The summed E-state index contributed by atoms with van der Waals surface area (Å²) in [5, 5.41) is 2.52. The molecule has 9 rings (SSSR count). The first-order valence-electron chi connectivity index (χ1n) is 20.8. The summed E-state index contributed by atoms with van der Waals surface area (Å²) in [7, 11) is 0. The largest absolute Gasteiger partial charge is 0.309 e. The van der Waals surface area contributed by atoms with Gasteiger partial charge in [-0.25, -0.2) is 0 Å². The van der Waals surface area contributed by atoms with E-state index < -0.39 is 0 Å². The summed E-state index contributed by atoms with van der Waals surface area (Å²) in [4.78, 5) is 0. The highest BCUT2D eigenvalue weighted by Gasteiger charge is 2.14. The molecule has 0 bridgehead atoms. The Hall–Kier alpha value is -7.22. The molecule has 1 heteroatoms. The van der Waals surface area contributed by atoms with Crippen molar-refractivity contribution in [1.82, 2.24) is 4.57 Å². The average molecular weight is 774 g/mol. The highest BCUT2D eigenvalue weighted by molar-refractivity contribution is 6.10. The van der Waals surface area contributed by atoms with Crippen molar-refractivity contribution in [2.24, 2.45) is 0 Å².